The summed E-state index contributed by atoms with van der Waals surface area (Å²) < 4.78 is 5.40. The van der Waals surface area contributed by atoms with Crippen molar-refractivity contribution in [3.63, 3.8) is 0 Å². The van der Waals surface area contributed by atoms with Gasteiger partial charge in [0.25, 0.3) is 0 Å². The molecule has 2 amide bonds. The number of H-pyrrole nitrogens is 1. The largest absolute Gasteiger partial charge is 0.378 e. The monoisotopic (exact) mass is 396 g/mol. The number of pyridine rings is 1. The first-order valence-electron chi connectivity index (χ1n) is 10.1. The van der Waals surface area contributed by atoms with Crippen LogP contribution in [0.15, 0.2) is 24.5 Å². The number of hydrogen-bond donors (Lipinski definition) is 1. The molecule has 2 aromatic rings. The summed E-state index contributed by atoms with van der Waals surface area (Å²) in [4.78, 5) is 26.7. The first kappa shape index (κ1) is 19.5. The highest BCUT2D eigenvalue weighted by atomic mass is 16.5. The van der Waals surface area contributed by atoms with Gasteiger partial charge in [-0.1, -0.05) is 6.92 Å². The van der Waals surface area contributed by atoms with E-state index in [1.165, 1.54) is 0 Å². The average Bonchev–Trinajstić information content (AvgIpc) is 3.39. The zero-order valence-corrected chi connectivity index (χ0v) is 17.2. The van der Waals surface area contributed by atoms with Crippen LogP contribution in [-0.4, -0.2) is 78.3 Å². The van der Waals surface area contributed by atoms with E-state index in [4.69, 9.17) is 4.74 Å². The molecular formula is C21H28N6O2. The molecule has 4 atom stereocenters. The summed E-state index contributed by atoms with van der Waals surface area (Å²) in [5, 5.41) is 10.4. The Bertz CT molecular complexity index is 921. The number of aromatic nitrogens is 2. The number of fused-ring (bicyclic) bond motifs is 1. The molecule has 0 aromatic carbocycles. The lowest BCUT2D eigenvalue weighted by atomic mass is 9.92. The number of rotatable bonds is 3. The molecule has 8 heteroatoms. The van der Waals surface area contributed by atoms with Crippen molar-refractivity contribution in [2.75, 3.05) is 45.2 Å². The highest BCUT2D eigenvalue weighted by Crippen LogP contribution is 2.31. The molecule has 2 fully saturated rings. The van der Waals surface area contributed by atoms with Crippen LogP contribution in [-0.2, 0) is 4.74 Å². The van der Waals surface area contributed by atoms with Crippen molar-refractivity contribution in [1.82, 2.24) is 19.8 Å². The van der Waals surface area contributed by atoms with Gasteiger partial charge in [0.05, 0.1) is 18.1 Å². The van der Waals surface area contributed by atoms with Gasteiger partial charge in [0, 0.05) is 69.8 Å². The Balaban J connectivity index is 1.50. The SMILES string of the molecule is COC1CN(C(=O)N2CC[C@@H](C)[C@@H](N(C)c3ccnc4[nH]ccc34)C2)CC1C#N. The molecule has 1 N–H and O–H groups in total. The number of nitrogens with one attached hydrogen (secondary N) is 1. The van der Waals surface area contributed by atoms with Crippen molar-refractivity contribution in [3.8, 4) is 6.07 Å². The molecule has 29 heavy (non-hydrogen) atoms. The van der Waals surface area contributed by atoms with Crippen LogP contribution in [0.4, 0.5) is 10.5 Å². The fourth-order valence-corrected chi connectivity index (χ4v) is 4.65. The van der Waals surface area contributed by atoms with Crippen molar-refractivity contribution in [2.45, 2.75) is 25.5 Å². The molecule has 0 bridgehead atoms. The van der Waals surface area contributed by atoms with Gasteiger partial charge in [-0.05, 0) is 24.5 Å². The third-order valence-electron chi connectivity index (χ3n) is 6.51. The van der Waals surface area contributed by atoms with Crippen LogP contribution in [0.2, 0.25) is 0 Å². The van der Waals surface area contributed by atoms with Crippen molar-refractivity contribution >= 4 is 22.8 Å². The fraction of sp³-hybridized carbons (Fsp3) is 0.571. The second-order valence-corrected chi connectivity index (χ2v) is 8.16. The lowest BCUT2D eigenvalue weighted by molar-refractivity contribution is 0.0891. The molecule has 154 valence electrons. The molecule has 2 aliphatic rings. The summed E-state index contributed by atoms with van der Waals surface area (Å²) in [5.74, 6) is 0.202. The molecule has 4 heterocycles. The molecule has 4 rings (SSSR count). The molecule has 0 aliphatic carbocycles. The first-order chi connectivity index (χ1) is 14.0. The number of methoxy groups -OCH3 is 1. The Morgan fingerprint density at radius 3 is 2.90 bits per heavy atom. The number of piperidine rings is 1. The number of anilines is 1. The summed E-state index contributed by atoms with van der Waals surface area (Å²) >= 11 is 0. The molecule has 0 radical (unpaired) electrons. The Kier molecular flexibility index (Phi) is 5.33. The third kappa shape index (κ3) is 3.51. The predicted molar refractivity (Wildman–Crippen MR) is 111 cm³/mol. The summed E-state index contributed by atoms with van der Waals surface area (Å²) in [7, 11) is 3.70. The normalized spacial score (nSPS) is 27.2. The van der Waals surface area contributed by atoms with Crippen LogP contribution in [0.3, 0.4) is 0 Å². The lowest BCUT2D eigenvalue weighted by Crippen LogP contribution is -2.55. The van der Waals surface area contributed by atoms with Crippen LogP contribution in [0.1, 0.15) is 13.3 Å². The minimum absolute atomic E-state index is 0.0108. The summed E-state index contributed by atoms with van der Waals surface area (Å²) in [6.07, 6.45) is 4.47. The Hall–Kier alpha value is -2.79. The Labute approximate surface area is 171 Å². The number of amides is 2. The zero-order valence-electron chi connectivity index (χ0n) is 17.2. The van der Waals surface area contributed by atoms with E-state index in [0.717, 1.165) is 29.7 Å². The first-order valence-corrected chi connectivity index (χ1v) is 10.1. The maximum absolute atomic E-state index is 13.2. The van der Waals surface area contributed by atoms with E-state index < -0.39 is 0 Å². The van der Waals surface area contributed by atoms with E-state index in [2.05, 4.69) is 34.9 Å². The number of aromatic amines is 1. The number of nitrogens with zero attached hydrogens (tertiary/aromatic N) is 5. The number of carbonyl (C=O) groups excluding carboxylic acids is 1. The van der Waals surface area contributed by atoms with Crippen LogP contribution >= 0.6 is 0 Å². The van der Waals surface area contributed by atoms with Crippen molar-refractivity contribution in [3.05, 3.63) is 24.5 Å². The Morgan fingerprint density at radius 1 is 1.34 bits per heavy atom. The molecule has 8 nitrogen and oxygen atoms in total. The Morgan fingerprint density at radius 2 is 2.17 bits per heavy atom. The van der Waals surface area contributed by atoms with Crippen LogP contribution in [0, 0.1) is 23.2 Å². The highest BCUT2D eigenvalue weighted by Gasteiger charge is 2.39. The van der Waals surface area contributed by atoms with Gasteiger partial charge < -0.3 is 24.4 Å². The zero-order chi connectivity index (χ0) is 20.5. The van der Waals surface area contributed by atoms with Crippen LogP contribution in [0.25, 0.3) is 11.0 Å². The van der Waals surface area contributed by atoms with Gasteiger partial charge in [-0.3, -0.25) is 0 Å². The molecular weight excluding hydrogens is 368 g/mol. The summed E-state index contributed by atoms with van der Waals surface area (Å²) in [6, 6.07) is 6.56. The van der Waals surface area contributed by atoms with Crippen molar-refractivity contribution < 1.29 is 9.53 Å². The molecule has 0 saturated carbocycles. The number of urea groups is 1. The van der Waals surface area contributed by atoms with Crippen LogP contribution in [0.5, 0.6) is 0 Å². The highest BCUT2D eigenvalue weighted by molar-refractivity contribution is 5.89. The number of carbonyl (C=O) groups is 1. The maximum Gasteiger partial charge on any atom is 0.320 e. The molecule has 2 unspecified atom stereocenters. The average molecular weight is 396 g/mol. The minimum atomic E-state index is -0.259. The van der Waals surface area contributed by atoms with E-state index >= 15 is 0 Å². The van der Waals surface area contributed by atoms with Gasteiger partial charge in [-0.25, -0.2) is 9.78 Å². The van der Waals surface area contributed by atoms with Gasteiger partial charge in [0.15, 0.2) is 0 Å². The molecule has 2 aromatic heterocycles. The van der Waals surface area contributed by atoms with Gasteiger partial charge in [0.1, 0.15) is 5.65 Å². The standard InChI is InChI=1S/C21H28N6O2/c1-14-6-9-26(21(28)27-11-15(10-22)19(13-27)29-3)12-18(14)25(2)17-5-8-24-20-16(17)4-7-23-20/h4-5,7-8,14-15,18-19H,6,9,11-13H2,1-3H3,(H,23,24)/t14-,15?,18+,19?/m1/s1. The topological polar surface area (TPSA) is 88.5 Å². The van der Waals surface area contributed by atoms with E-state index in [1.54, 1.807) is 12.0 Å². The van der Waals surface area contributed by atoms with E-state index in [-0.39, 0.29) is 24.1 Å². The second-order valence-electron chi connectivity index (χ2n) is 8.16. The van der Waals surface area contributed by atoms with E-state index in [9.17, 15) is 10.1 Å². The third-order valence-corrected chi connectivity index (χ3v) is 6.51. The van der Waals surface area contributed by atoms with Gasteiger partial charge >= 0.3 is 6.03 Å². The molecule has 0 spiro atoms. The number of likely N-dealkylation sites (tertiary alicyclic amines) is 2. The number of likely N-dealkylation sites (N-methyl/N-ethyl adjacent to an activating group) is 1. The van der Waals surface area contributed by atoms with Gasteiger partial charge in [-0.2, -0.15) is 5.26 Å². The quantitative estimate of drug-likeness (QED) is 0.860. The summed E-state index contributed by atoms with van der Waals surface area (Å²) in [5.41, 5.74) is 1.99. The second kappa shape index (κ2) is 7.91. The van der Waals surface area contributed by atoms with E-state index in [0.29, 0.717) is 25.6 Å². The molecule has 2 aliphatic heterocycles. The van der Waals surface area contributed by atoms with Gasteiger partial charge in [-0.15, -0.1) is 0 Å². The maximum atomic E-state index is 13.2. The fourth-order valence-electron chi connectivity index (χ4n) is 4.65. The van der Waals surface area contributed by atoms with E-state index in [1.807, 2.05) is 29.4 Å². The van der Waals surface area contributed by atoms with Crippen molar-refractivity contribution in [2.24, 2.45) is 11.8 Å². The predicted octanol–water partition coefficient (Wildman–Crippen LogP) is 2.30. The smallest absolute Gasteiger partial charge is 0.320 e. The van der Waals surface area contributed by atoms with Gasteiger partial charge in [0.2, 0.25) is 0 Å². The minimum Gasteiger partial charge on any atom is -0.378 e. The number of ether oxygens (including phenoxy) is 1. The number of nitriles is 1. The summed E-state index contributed by atoms with van der Waals surface area (Å²) in [6.45, 7) is 4.58. The number of hydrogen-bond acceptors (Lipinski definition) is 5. The van der Waals surface area contributed by atoms with Crippen LogP contribution < -0.4 is 4.90 Å². The molecule has 2 saturated heterocycles. The lowest BCUT2D eigenvalue weighted by Gasteiger charge is -2.43. The van der Waals surface area contributed by atoms with Crippen molar-refractivity contribution in [1.29, 1.82) is 5.26 Å².